The van der Waals surface area contributed by atoms with Crippen LogP contribution in [0.5, 0.6) is 0 Å². The van der Waals surface area contributed by atoms with Crippen LogP contribution in [0.3, 0.4) is 0 Å². The van der Waals surface area contributed by atoms with Gasteiger partial charge in [-0.3, -0.25) is 4.68 Å². The lowest BCUT2D eigenvalue weighted by atomic mass is 10.3. The van der Waals surface area contributed by atoms with Crippen molar-refractivity contribution >= 4 is 0 Å². The van der Waals surface area contributed by atoms with E-state index >= 15 is 0 Å². The van der Waals surface area contributed by atoms with Gasteiger partial charge in [-0.25, -0.2) is 0 Å². The minimum absolute atomic E-state index is 0.0209. The number of ether oxygens (including phenoxy) is 1. The van der Waals surface area contributed by atoms with E-state index in [1.54, 1.807) is 7.11 Å². The number of methoxy groups -OCH3 is 1. The highest BCUT2D eigenvalue weighted by molar-refractivity contribution is 5.04. The Labute approximate surface area is 96.4 Å². The van der Waals surface area contributed by atoms with Gasteiger partial charge < -0.3 is 15.2 Å². The molecule has 0 aromatic carbocycles. The van der Waals surface area contributed by atoms with Crippen LogP contribution in [0.4, 0.5) is 0 Å². The highest BCUT2D eigenvalue weighted by atomic mass is 16.5. The zero-order valence-electron chi connectivity index (χ0n) is 10.2. The second kappa shape index (κ2) is 6.62. The van der Waals surface area contributed by atoms with Gasteiger partial charge in [0, 0.05) is 31.5 Å². The van der Waals surface area contributed by atoms with Gasteiger partial charge in [0.25, 0.3) is 0 Å². The van der Waals surface area contributed by atoms with E-state index in [-0.39, 0.29) is 12.6 Å². The molecule has 1 aromatic heterocycles. The van der Waals surface area contributed by atoms with Crippen molar-refractivity contribution in [3.63, 3.8) is 0 Å². The minimum Gasteiger partial charge on any atom is -0.395 e. The molecule has 1 unspecified atom stereocenters. The lowest BCUT2D eigenvalue weighted by molar-refractivity contribution is 0.128. The summed E-state index contributed by atoms with van der Waals surface area (Å²) in [5.41, 5.74) is 1.11. The fraction of sp³-hybridized carbons (Fsp3) is 0.727. The minimum atomic E-state index is -0.0209. The molecule has 0 saturated carbocycles. The molecule has 92 valence electrons. The van der Waals surface area contributed by atoms with Crippen molar-refractivity contribution < 1.29 is 9.84 Å². The van der Waals surface area contributed by atoms with Gasteiger partial charge in [-0.15, -0.1) is 0 Å². The number of hydrogen-bond acceptors (Lipinski definition) is 4. The van der Waals surface area contributed by atoms with Gasteiger partial charge in [-0.2, -0.15) is 5.10 Å². The van der Waals surface area contributed by atoms with Crippen molar-refractivity contribution in [2.24, 2.45) is 0 Å². The molecule has 0 radical (unpaired) electrons. The van der Waals surface area contributed by atoms with Crippen LogP contribution in [0.25, 0.3) is 0 Å². The van der Waals surface area contributed by atoms with E-state index in [9.17, 15) is 0 Å². The summed E-state index contributed by atoms with van der Waals surface area (Å²) in [6.45, 7) is 5.46. The fourth-order valence-corrected chi connectivity index (χ4v) is 1.39. The Morgan fingerprint density at radius 3 is 2.81 bits per heavy atom. The average molecular weight is 227 g/mol. The quantitative estimate of drug-likeness (QED) is 0.714. The lowest BCUT2D eigenvalue weighted by Crippen LogP contribution is -2.35. The predicted octanol–water partition coefficient (Wildman–Crippen LogP) is 0.561. The van der Waals surface area contributed by atoms with Gasteiger partial charge in [0.05, 0.1) is 25.5 Å². The summed E-state index contributed by atoms with van der Waals surface area (Å²) < 4.78 is 6.90. The van der Waals surface area contributed by atoms with Crippen LogP contribution in [0.1, 0.15) is 25.5 Å². The van der Waals surface area contributed by atoms with Gasteiger partial charge in [0.2, 0.25) is 0 Å². The third-order valence-electron chi connectivity index (χ3n) is 2.37. The molecule has 0 spiro atoms. The van der Waals surface area contributed by atoms with E-state index in [0.717, 1.165) is 5.56 Å². The SMILES string of the molecule is COCC(CO)NCc1cnn(C(C)C)c1. The van der Waals surface area contributed by atoms with E-state index in [0.29, 0.717) is 19.2 Å². The first-order valence-corrected chi connectivity index (χ1v) is 5.53. The number of nitrogens with zero attached hydrogens (tertiary/aromatic N) is 2. The Morgan fingerprint density at radius 1 is 1.56 bits per heavy atom. The summed E-state index contributed by atoms with van der Waals surface area (Å²) in [4.78, 5) is 0. The molecule has 0 bridgehead atoms. The zero-order valence-corrected chi connectivity index (χ0v) is 10.2. The number of rotatable bonds is 7. The third-order valence-corrected chi connectivity index (χ3v) is 2.37. The Bertz CT molecular complexity index is 299. The third kappa shape index (κ3) is 3.92. The van der Waals surface area contributed by atoms with Gasteiger partial charge in [-0.1, -0.05) is 0 Å². The molecule has 0 amide bonds. The first-order chi connectivity index (χ1) is 7.67. The second-order valence-corrected chi connectivity index (χ2v) is 4.14. The molecule has 1 heterocycles. The number of hydrogen-bond donors (Lipinski definition) is 2. The van der Waals surface area contributed by atoms with Crippen LogP contribution < -0.4 is 5.32 Å². The molecular weight excluding hydrogens is 206 g/mol. The Hall–Kier alpha value is -0.910. The Kier molecular flexibility index (Phi) is 5.45. The molecular formula is C11H21N3O2. The Morgan fingerprint density at radius 2 is 2.31 bits per heavy atom. The standard InChI is InChI=1S/C11H21N3O2/c1-9(2)14-6-10(5-13-14)4-12-11(7-15)8-16-3/h5-6,9,11-12,15H,4,7-8H2,1-3H3. The number of aliphatic hydroxyl groups excluding tert-OH is 1. The van der Waals surface area contributed by atoms with Crippen LogP contribution in [-0.2, 0) is 11.3 Å². The van der Waals surface area contributed by atoms with Crippen molar-refractivity contribution in [2.75, 3.05) is 20.3 Å². The fourth-order valence-electron chi connectivity index (χ4n) is 1.39. The molecule has 0 saturated heterocycles. The van der Waals surface area contributed by atoms with Gasteiger partial charge in [0.1, 0.15) is 0 Å². The van der Waals surface area contributed by atoms with Crippen molar-refractivity contribution in [2.45, 2.75) is 32.5 Å². The number of aliphatic hydroxyl groups is 1. The molecule has 0 fully saturated rings. The average Bonchev–Trinajstić information content (AvgIpc) is 2.73. The van der Waals surface area contributed by atoms with E-state index in [2.05, 4.69) is 24.3 Å². The summed E-state index contributed by atoms with van der Waals surface area (Å²) >= 11 is 0. The lowest BCUT2D eigenvalue weighted by Gasteiger charge is -2.14. The maximum absolute atomic E-state index is 9.07. The summed E-state index contributed by atoms with van der Waals surface area (Å²) in [6.07, 6.45) is 3.85. The van der Waals surface area contributed by atoms with Crippen molar-refractivity contribution in [1.29, 1.82) is 0 Å². The number of aromatic nitrogens is 2. The van der Waals surface area contributed by atoms with E-state index in [4.69, 9.17) is 9.84 Å². The topological polar surface area (TPSA) is 59.3 Å². The molecule has 1 atom stereocenters. The number of nitrogens with one attached hydrogen (secondary N) is 1. The van der Waals surface area contributed by atoms with Crippen molar-refractivity contribution in [3.05, 3.63) is 18.0 Å². The van der Waals surface area contributed by atoms with Crippen LogP contribution in [0.2, 0.25) is 0 Å². The molecule has 2 N–H and O–H groups in total. The smallest absolute Gasteiger partial charge is 0.0638 e. The molecule has 5 nitrogen and oxygen atoms in total. The first kappa shape index (κ1) is 13.2. The largest absolute Gasteiger partial charge is 0.395 e. The Balaban J connectivity index is 2.41. The summed E-state index contributed by atoms with van der Waals surface area (Å²) in [5.74, 6) is 0. The van der Waals surface area contributed by atoms with Crippen LogP contribution >= 0.6 is 0 Å². The van der Waals surface area contributed by atoms with Crippen molar-refractivity contribution in [3.8, 4) is 0 Å². The van der Waals surface area contributed by atoms with Gasteiger partial charge in [-0.05, 0) is 13.8 Å². The summed E-state index contributed by atoms with van der Waals surface area (Å²) in [7, 11) is 1.63. The summed E-state index contributed by atoms with van der Waals surface area (Å²) in [5, 5.41) is 16.5. The van der Waals surface area contributed by atoms with Crippen molar-refractivity contribution in [1.82, 2.24) is 15.1 Å². The second-order valence-electron chi connectivity index (χ2n) is 4.14. The molecule has 5 heteroatoms. The zero-order chi connectivity index (χ0) is 12.0. The molecule has 0 aliphatic rings. The molecule has 0 aliphatic heterocycles. The first-order valence-electron chi connectivity index (χ1n) is 5.53. The van der Waals surface area contributed by atoms with Crippen LogP contribution in [0.15, 0.2) is 12.4 Å². The van der Waals surface area contributed by atoms with E-state index in [1.807, 2.05) is 17.1 Å². The predicted molar refractivity (Wildman–Crippen MR) is 62.2 cm³/mol. The molecule has 1 rings (SSSR count). The van der Waals surface area contributed by atoms with Crippen LogP contribution in [-0.4, -0.2) is 41.3 Å². The van der Waals surface area contributed by atoms with Gasteiger partial charge >= 0.3 is 0 Å². The van der Waals surface area contributed by atoms with Gasteiger partial charge in [0.15, 0.2) is 0 Å². The molecule has 1 aromatic rings. The summed E-state index contributed by atoms with van der Waals surface area (Å²) in [6, 6.07) is 0.355. The maximum Gasteiger partial charge on any atom is 0.0638 e. The highest BCUT2D eigenvalue weighted by Gasteiger charge is 2.07. The normalized spacial score (nSPS) is 13.3. The monoisotopic (exact) mass is 227 g/mol. The maximum atomic E-state index is 9.07. The molecule has 16 heavy (non-hydrogen) atoms. The van der Waals surface area contributed by atoms with Crippen LogP contribution in [0, 0.1) is 0 Å². The molecule has 0 aliphatic carbocycles. The van der Waals surface area contributed by atoms with E-state index < -0.39 is 0 Å². The highest BCUT2D eigenvalue weighted by Crippen LogP contribution is 2.05. The van der Waals surface area contributed by atoms with E-state index in [1.165, 1.54) is 0 Å².